The maximum Gasteiger partial charge on any atom is 0.408 e. The Hall–Kier alpha value is -3.10. The molecule has 3 N–H and O–H groups in total. The molecule has 9 heteroatoms. The minimum atomic E-state index is -1.36. The van der Waals surface area contributed by atoms with Crippen LogP contribution in [0.25, 0.3) is 0 Å². The van der Waals surface area contributed by atoms with Crippen molar-refractivity contribution in [3.63, 3.8) is 0 Å². The molecule has 1 aromatic rings. The number of benzene rings is 1. The van der Waals surface area contributed by atoms with Crippen molar-refractivity contribution in [2.45, 2.75) is 57.2 Å². The fourth-order valence-electron chi connectivity index (χ4n) is 3.60. The smallest absolute Gasteiger partial charge is 0.408 e. The molecule has 1 saturated heterocycles. The number of carbonyl (C=O) groups is 4. The standard InChI is InChI=1S/C21H29N3O6/c1-3-7-16(18(26)29-2)24-13-12-21(19(24)27,11-10-17(22)25)23-20(28)30-14-15-8-5-4-6-9-15/h4-6,8-9,16H,3,7,10-14H2,1-2H3,(H2,22,25)(H,23,28)/t16-,21+/m0/s1. The zero-order valence-corrected chi connectivity index (χ0v) is 17.4. The molecular weight excluding hydrogens is 390 g/mol. The summed E-state index contributed by atoms with van der Waals surface area (Å²) in [6.07, 6.45) is 0.501. The number of likely N-dealkylation sites (tertiary alicyclic amines) is 1. The lowest BCUT2D eigenvalue weighted by Crippen LogP contribution is -2.56. The SMILES string of the molecule is CCC[C@@H](C(=O)OC)N1CC[C@@](CCC(N)=O)(NC(=O)OCc2ccccc2)C1=O. The number of amides is 3. The van der Waals surface area contributed by atoms with E-state index in [-0.39, 0.29) is 32.4 Å². The minimum Gasteiger partial charge on any atom is -0.467 e. The number of carbonyl (C=O) groups excluding carboxylic acids is 4. The number of hydrogen-bond acceptors (Lipinski definition) is 6. The van der Waals surface area contributed by atoms with Crippen LogP contribution >= 0.6 is 0 Å². The van der Waals surface area contributed by atoms with E-state index >= 15 is 0 Å². The largest absolute Gasteiger partial charge is 0.467 e. The molecular formula is C21H29N3O6. The average molecular weight is 419 g/mol. The molecule has 30 heavy (non-hydrogen) atoms. The van der Waals surface area contributed by atoms with E-state index in [1.807, 2.05) is 37.3 Å². The maximum atomic E-state index is 13.3. The lowest BCUT2D eigenvalue weighted by Gasteiger charge is -2.31. The van der Waals surface area contributed by atoms with Crippen LogP contribution in [0.3, 0.4) is 0 Å². The Labute approximate surface area is 175 Å². The molecule has 0 spiro atoms. The Morgan fingerprint density at radius 2 is 1.97 bits per heavy atom. The summed E-state index contributed by atoms with van der Waals surface area (Å²) in [5.41, 5.74) is 4.71. The van der Waals surface area contributed by atoms with Crippen molar-refractivity contribution < 1.29 is 28.7 Å². The normalized spacial score (nSPS) is 19.3. The predicted molar refractivity (Wildman–Crippen MR) is 108 cm³/mol. The second-order valence-electron chi connectivity index (χ2n) is 7.31. The van der Waals surface area contributed by atoms with E-state index in [2.05, 4.69) is 5.32 Å². The van der Waals surface area contributed by atoms with Crippen molar-refractivity contribution in [3.05, 3.63) is 35.9 Å². The van der Waals surface area contributed by atoms with Crippen molar-refractivity contribution >= 4 is 23.9 Å². The van der Waals surface area contributed by atoms with Gasteiger partial charge in [-0.15, -0.1) is 0 Å². The number of hydrogen-bond donors (Lipinski definition) is 2. The molecule has 9 nitrogen and oxygen atoms in total. The second kappa shape index (κ2) is 10.6. The number of nitrogens with one attached hydrogen (secondary N) is 1. The summed E-state index contributed by atoms with van der Waals surface area (Å²) >= 11 is 0. The number of ether oxygens (including phenoxy) is 2. The first-order chi connectivity index (χ1) is 14.3. The van der Waals surface area contributed by atoms with Gasteiger partial charge in [0.25, 0.3) is 0 Å². The zero-order chi connectivity index (χ0) is 22.1. The highest BCUT2D eigenvalue weighted by atomic mass is 16.5. The Kier molecular flexibility index (Phi) is 8.20. The first-order valence-corrected chi connectivity index (χ1v) is 9.99. The van der Waals surface area contributed by atoms with Crippen LogP contribution in [0.1, 0.15) is 44.6 Å². The van der Waals surface area contributed by atoms with Crippen molar-refractivity contribution in [2.75, 3.05) is 13.7 Å². The van der Waals surface area contributed by atoms with Gasteiger partial charge in [-0.3, -0.25) is 9.59 Å². The van der Waals surface area contributed by atoms with E-state index in [4.69, 9.17) is 15.2 Å². The van der Waals surface area contributed by atoms with Crippen molar-refractivity contribution in [1.82, 2.24) is 10.2 Å². The molecule has 0 aliphatic carbocycles. The van der Waals surface area contributed by atoms with Gasteiger partial charge >= 0.3 is 12.1 Å². The highest BCUT2D eigenvalue weighted by Crippen LogP contribution is 2.31. The van der Waals surface area contributed by atoms with Crippen LogP contribution in [0.2, 0.25) is 0 Å². The molecule has 1 fully saturated rings. The van der Waals surface area contributed by atoms with E-state index in [0.29, 0.717) is 12.8 Å². The monoisotopic (exact) mass is 419 g/mol. The molecule has 0 bridgehead atoms. The highest BCUT2D eigenvalue weighted by molar-refractivity contribution is 5.95. The van der Waals surface area contributed by atoms with E-state index in [0.717, 1.165) is 5.56 Å². The lowest BCUT2D eigenvalue weighted by molar-refractivity contribution is -0.152. The number of alkyl carbamates (subject to hydrolysis) is 1. The van der Waals surface area contributed by atoms with Gasteiger partial charge in [0, 0.05) is 13.0 Å². The number of nitrogens with zero attached hydrogens (tertiary/aromatic N) is 1. The molecule has 1 aromatic carbocycles. The number of primary amides is 1. The maximum absolute atomic E-state index is 13.3. The summed E-state index contributed by atoms with van der Waals surface area (Å²) in [4.78, 5) is 50.7. The zero-order valence-electron chi connectivity index (χ0n) is 17.4. The van der Waals surface area contributed by atoms with Gasteiger partial charge < -0.3 is 25.4 Å². The van der Waals surface area contributed by atoms with Crippen LogP contribution in [-0.2, 0) is 30.5 Å². The lowest BCUT2D eigenvalue weighted by atomic mass is 9.91. The summed E-state index contributed by atoms with van der Waals surface area (Å²) in [5, 5.41) is 2.64. The molecule has 1 aliphatic heterocycles. The number of nitrogens with two attached hydrogens (primary N) is 1. The van der Waals surface area contributed by atoms with Crippen LogP contribution < -0.4 is 11.1 Å². The molecule has 2 atom stereocenters. The Morgan fingerprint density at radius 3 is 2.57 bits per heavy atom. The fraction of sp³-hybridized carbons (Fsp3) is 0.524. The van der Waals surface area contributed by atoms with Gasteiger partial charge in [-0.1, -0.05) is 43.7 Å². The van der Waals surface area contributed by atoms with E-state index in [9.17, 15) is 19.2 Å². The number of methoxy groups -OCH3 is 1. The summed E-state index contributed by atoms with van der Waals surface area (Å²) in [6.45, 7) is 2.18. The molecule has 1 aliphatic rings. The Bertz CT molecular complexity index is 769. The van der Waals surface area contributed by atoms with Crippen molar-refractivity contribution in [3.8, 4) is 0 Å². The van der Waals surface area contributed by atoms with Gasteiger partial charge in [-0.25, -0.2) is 9.59 Å². The number of rotatable bonds is 10. The summed E-state index contributed by atoms with van der Waals surface area (Å²) in [7, 11) is 1.27. The Morgan fingerprint density at radius 1 is 1.27 bits per heavy atom. The first kappa shape index (κ1) is 23.2. The van der Waals surface area contributed by atoms with E-state index < -0.39 is 35.5 Å². The van der Waals surface area contributed by atoms with Gasteiger partial charge in [0.2, 0.25) is 11.8 Å². The van der Waals surface area contributed by atoms with Gasteiger partial charge in [0.1, 0.15) is 18.2 Å². The van der Waals surface area contributed by atoms with Crippen molar-refractivity contribution in [2.24, 2.45) is 5.73 Å². The third-order valence-electron chi connectivity index (χ3n) is 5.21. The molecule has 0 aromatic heterocycles. The third-order valence-corrected chi connectivity index (χ3v) is 5.21. The van der Waals surface area contributed by atoms with Crippen LogP contribution in [-0.4, -0.2) is 54.0 Å². The quantitative estimate of drug-likeness (QED) is 0.553. The fourth-order valence-corrected chi connectivity index (χ4v) is 3.60. The van der Waals surface area contributed by atoms with E-state index in [1.165, 1.54) is 12.0 Å². The van der Waals surface area contributed by atoms with Gasteiger partial charge in [0.15, 0.2) is 0 Å². The molecule has 0 unspecified atom stereocenters. The first-order valence-electron chi connectivity index (χ1n) is 9.99. The molecule has 0 radical (unpaired) electrons. The van der Waals surface area contributed by atoms with Gasteiger partial charge in [-0.05, 0) is 24.8 Å². The third kappa shape index (κ3) is 5.71. The summed E-state index contributed by atoms with van der Waals surface area (Å²) in [6, 6.07) is 8.37. The molecule has 0 saturated carbocycles. The number of esters is 1. The van der Waals surface area contributed by atoms with Gasteiger partial charge in [0.05, 0.1) is 7.11 Å². The van der Waals surface area contributed by atoms with Crippen LogP contribution in [0, 0.1) is 0 Å². The van der Waals surface area contributed by atoms with Crippen molar-refractivity contribution in [1.29, 1.82) is 0 Å². The second-order valence-corrected chi connectivity index (χ2v) is 7.31. The molecule has 164 valence electrons. The summed E-state index contributed by atoms with van der Waals surface area (Å²) < 4.78 is 10.1. The molecule has 3 amide bonds. The Balaban J connectivity index is 2.15. The molecule has 2 rings (SSSR count). The topological polar surface area (TPSA) is 128 Å². The van der Waals surface area contributed by atoms with Crippen LogP contribution in [0.4, 0.5) is 4.79 Å². The molecule has 1 heterocycles. The highest BCUT2D eigenvalue weighted by Gasteiger charge is 2.51. The van der Waals surface area contributed by atoms with Gasteiger partial charge in [-0.2, -0.15) is 0 Å². The van der Waals surface area contributed by atoms with Crippen LogP contribution in [0.5, 0.6) is 0 Å². The van der Waals surface area contributed by atoms with E-state index in [1.54, 1.807) is 0 Å². The minimum absolute atomic E-state index is 0.0259. The predicted octanol–water partition coefficient (Wildman–Crippen LogP) is 1.49. The summed E-state index contributed by atoms with van der Waals surface area (Å²) in [5.74, 6) is -1.54. The average Bonchev–Trinajstić information content (AvgIpc) is 3.05. The van der Waals surface area contributed by atoms with Crippen LogP contribution in [0.15, 0.2) is 30.3 Å².